The number of para-hydroxylation sites is 1. The number of carbonyl (C=O) groups excluding carboxylic acids is 1. The van der Waals surface area contributed by atoms with Crippen molar-refractivity contribution < 1.29 is 9.53 Å². The molecule has 0 radical (unpaired) electrons. The van der Waals surface area contributed by atoms with Gasteiger partial charge in [0.15, 0.2) is 0 Å². The highest BCUT2D eigenvalue weighted by molar-refractivity contribution is 6.09. The van der Waals surface area contributed by atoms with Crippen molar-refractivity contribution in [2.24, 2.45) is 0 Å². The molecule has 0 aliphatic rings. The first-order valence-electron chi connectivity index (χ1n) is 9.02. The molecule has 0 bridgehead atoms. The molecule has 0 saturated heterocycles. The second-order valence-electron chi connectivity index (χ2n) is 6.16. The summed E-state index contributed by atoms with van der Waals surface area (Å²) < 4.78 is 7.44. The fourth-order valence-electron chi connectivity index (χ4n) is 2.93. The van der Waals surface area contributed by atoms with E-state index >= 15 is 0 Å². The van der Waals surface area contributed by atoms with Crippen LogP contribution in [0.3, 0.4) is 0 Å². The molecular weight excluding hydrogens is 350 g/mol. The first-order chi connectivity index (χ1) is 13.6. The van der Waals surface area contributed by atoms with Crippen LogP contribution in [0.15, 0.2) is 72.3 Å². The Morgan fingerprint density at radius 1 is 1.14 bits per heavy atom. The maximum absolute atomic E-state index is 12.6. The number of aryl methyl sites for hydroxylation is 1. The third kappa shape index (κ3) is 4.30. The molecule has 0 aliphatic heterocycles. The van der Waals surface area contributed by atoms with Gasteiger partial charge in [0.25, 0.3) is 5.91 Å². The number of nitrogens with zero attached hydrogens (tertiary/aromatic N) is 2. The quantitative estimate of drug-likeness (QED) is 0.503. The fraction of sp³-hybridized carbons (Fsp3) is 0.130. The number of ether oxygens (including phenoxy) is 1. The molecule has 3 rings (SSSR count). The molecule has 0 aliphatic carbocycles. The second-order valence-corrected chi connectivity index (χ2v) is 6.16. The van der Waals surface area contributed by atoms with Crippen LogP contribution in [-0.2, 0) is 4.79 Å². The van der Waals surface area contributed by atoms with Gasteiger partial charge in [-0.05, 0) is 56.3 Å². The number of nitrogens with one attached hydrogen (secondary N) is 1. The van der Waals surface area contributed by atoms with Gasteiger partial charge in [-0.1, -0.05) is 24.3 Å². The second kappa shape index (κ2) is 8.74. The Kier molecular flexibility index (Phi) is 5.93. The van der Waals surface area contributed by atoms with E-state index in [9.17, 15) is 10.1 Å². The largest absolute Gasteiger partial charge is 0.494 e. The van der Waals surface area contributed by atoms with Crippen molar-refractivity contribution in [2.75, 3.05) is 11.9 Å². The van der Waals surface area contributed by atoms with Crippen molar-refractivity contribution in [3.05, 3.63) is 83.7 Å². The van der Waals surface area contributed by atoms with Gasteiger partial charge in [0.1, 0.15) is 17.4 Å². The number of anilines is 1. The van der Waals surface area contributed by atoms with E-state index in [1.807, 2.05) is 73.0 Å². The number of hydrogen-bond acceptors (Lipinski definition) is 3. The van der Waals surface area contributed by atoms with Crippen LogP contribution in [0.1, 0.15) is 18.3 Å². The summed E-state index contributed by atoms with van der Waals surface area (Å²) in [5.74, 6) is 0.200. The average molecular weight is 371 g/mol. The van der Waals surface area contributed by atoms with Crippen molar-refractivity contribution in [1.82, 2.24) is 4.57 Å². The zero-order valence-electron chi connectivity index (χ0n) is 15.8. The molecular formula is C23H21N3O2. The molecule has 2 aromatic carbocycles. The Balaban J connectivity index is 1.88. The van der Waals surface area contributed by atoms with Crippen LogP contribution in [-0.4, -0.2) is 17.1 Å². The minimum atomic E-state index is -0.463. The molecule has 5 nitrogen and oxygen atoms in total. The standard InChI is InChI=1S/C23H21N3O2/c1-3-28-22-11-7-8-19(15-22)25-23(27)18(16-24)14-21-13-12-17(2)26(21)20-9-5-4-6-10-20/h4-15H,3H2,1-2H3,(H,25,27)/b18-14-. The van der Waals surface area contributed by atoms with E-state index in [1.54, 1.807) is 24.3 Å². The fourth-order valence-corrected chi connectivity index (χ4v) is 2.93. The van der Waals surface area contributed by atoms with Gasteiger partial charge in [-0.2, -0.15) is 5.26 Å². The summed E-state index contributed by atoms with van der Waals surface area (Å²) in [5, 5.41) is 12.3. The molecule has 0 atom stereocenters. The van der Waals surface area contributed by atoms with E-state index in [2.05, 4.69) is 5.32 Å². The molecule has 5 heteroatoms. The van der Waals surface area contributed by atoms with E-state index in [0.29, 0.717) is 18.0 Å². The molecule has 0 fully saturated rings. The predicted molar refractivity (Wildman–Crippen MR) is 110 cm³/mol. The van der Waals surface area contributed by atoms with Gasteiger partial charge in [0.05, 0.1) is 6.61 Å². The van der Waals surface area contributed by atoms with Crippen LogP contribution in [0, 0.1) is 18.3 Å². The summed E-state index contributed by atoms with van der Waals surface area (Å²) in [6.07, 6.45) is 1.60. The van der Waals surface area contributed by atoms with Gasteiger partial charge in [-0.25, -0.2) is 0 Å². The van der Waals surface area contributed by atoms with Crippen LogP contribution in [0.5, 0.6) is 5.75 Å². The molecule has 1 aromatic heterocycles. The summed E-state index contributed by atoms with van der Waals surface area (Å²) in [5.41, 5.74) is 3.35. The Bertz CT molecular complexity index is 1040. The molecule has 0 saturated carbocycles. The number of aromatic nitrogens is 1. The van der Waals surface area contributed by atoms with Crippen molar-refractivity contribution in [2.45, 2.75) is 13.8 Å². The average Bonchev–Trinajstić information content (AvgIpc) is 3.07. The van der Waals surface area contributed by atoms with Gasteiger partial charge in [0.2, 0.25) is 0 Å². The van der Waals surface area contributed by atoms with E-state index in [1.165, 1.54) is 0 Å². The highest BCUT2D eigenvalue weighted by Gasteiger charge is 2.13. The monoisotopic (exact) mass is 371 g/mol. The van der Waals surface area contributed by atoms with Gasteiger partial charge in [0, 0.05) is 28.8 Å². The Morgan fingerprint density at radius 2 is 1.93 bits per heavy atom. The minimum absolute atomic E-state index is 0.0251. The van der Waals surface area contributed by atoms with Crippen molar-refractivity contribution in [3.63, 3.8) is 0 Å². The molecule has 28 heavy (non-hydrogen) atoms. The van der Waals surface area contributed by atoms with Gasteiger partial charge >= 0.3 is 0 Å². The van der Waals surface area contributed by atoms with Crippen molar-refractivity contribution in [3.8, 4) is 17.5 Å². The summed E-state index contributed by atoms with van der Waals surface area (Å²) in [6.45, 7) is 4.41. The number of amides is 1. The van der Waals surface area contributed by atoms with Crippen molar-refractivity contribution in [1.29, 1.82) is 5.26 Å². The zero-order valence-corrected chi connectivity index (χ0v) is 15.8. The maximum atomic E-state index is 12.6. The number of rotatable bonds is 6. The number of nitriles is 1. The van der Waals surface area contributed by atoms with Gasteiger partial charge < -0.3 is 14.6 Å². The third-order valence-electron chi connectivity index (χ3n) is 4.18. The first kappa shape index (κ1) is 19.0. The minimum Gasteiger partial charge on any atom is -0.494 e. The first-order valence-corrected chi connectivity index (χ1v) is 9.02. The number of benzene rings is 2. The lowest BCUT2D eigenvalue weighted by Gasteiger charge is -2.10. The van der Waals surface area contributed by atoms with Gasteiger partial charge in [-0.15, -0.1) is 0 Å². The van der Waals surface area contributed by atoms with Crippen LogP contribution in [0.4, 0.5) is 5.69 Å². The highest BCUT2D eigenvalue weighted by Crippen LogP contribution is 2.21. The predicted octanol–water partition coefficient (Wildman–Crippen LogP) is 4.73. The zero-order chi connectivity index (χ0) is 19.9. The summed E-state index contributed by atoms with van der Waals surface area (Å²) in [7, 11) is 0. The van der Waals surface area contributed by atoms with Crippen LogP contribution >= 0.6 is 0 Å². The molecule has 1 N–H and O–H groups in total. The lowest BCUT2D eigenvalue weighted by molar-refractivity contribution is -0.112. The summed E-state index contributed by atoms with van der Waals surface area (Å²) in [4.78, 5) is 12.6. The van der Waals surface area contributed by atoms with Crippen LogP contribution in [0.25, 0.3) is 11.8 Å². The topological polar surface area (TPSA) is 67.0 Å². The summed E-state index contributed by atoms with van der Waals surface area (Å²) >= 11 is 0. The molecule has 1 amide bonds. The van der Waals surface area contributed by atoms with E-state index < -0.39 is 5.91 Å². The molecule has 140 valence electrons. The molecule has 1 heterocycles. The van der Waals surface area contributed by atoms with E-state index in [0.717, 1.165) is 17.1 Å². The summed E-state index contributed by atoms with van der Waals surface area (Å²) in [6, 6.07) is 22.8. The SMILES string of the molecule is CCOc1cccc(NC(=O)/C(C#N)=C\c2ccc(C)n2-c2ccccc2)c1. The van der Waals surface area contributed by atoms with E-state index in [4.69, 9.17) is 4.74 Å². The lowest BCUT2D eigenvalue weighted by atomic mass is 10.2. The number of hydrogen-bond donors (Lipinski definition) is 1. The smallest absolute Gasteiger partial charge is 0.266 e. The Morgan fingerprint density at radius 3 is 2.64 bits per heavy atom. The molecule has 0 spiro atoms. The molecule has 3 aromatic rings. The highest BCUT2D eigenvalue weighted by atomic mass is 16.5. The van der Waals surface area contributed by atoms with Crippen LogP contribution < -0.4 is 10.1 Å². The van der Waals surface area contributed by atoms with Gasteiger partial charge in [-0.3, -0.25) is 4.79 Å². The van der Waals surface area contributed by atoms with E-state index in [-0.39, 0.29) is 5.57 Å². The number of carbonyl (C=O) groups is 1. The Hall–Kier alpha value is -3.78. The third-order valence-corrected chi connectivity index (χ3v) is 4.18. The lowest BCUT2D eigenvalue weighted by Crippen LogP contribution is -2.14. The van der Waals surface area contributed by atoms with Crippen molar-refractivity contribution >= 4 is 17.7 Å². The normalized spacial score (nSPS) is 11.0. The Labute approximate surface area is 164 Å². The van der Waals surface area contributed by atoms with Crippen LogP contribution in [0.2, 0.25) is 0 Å². The maximum Gasteiger partial charge on any atom is 0.266 e. The molecule has 0 unspecified atom stereocenters.